The van der Waals surface area contributed by atoms with E-state index in [0.717, 1.165) is 18.7 Å². The van der Waals surface area contributed by atoms with E-state index in [1.54, 1.807) is 18.7 Å². The van der Waals surface area contributed by atoms with Gasteiger partial charge in [0.1, 0.15) is 18.2 Å². The van der Waals surface area contributed by atoms with E-state index < -0.39 is 0 Å². The number of hydrogen-bond donors (Lipinski definition) is 3. The van der Waals surface area contributed by atoms with Crippen molar-refractivity contribution in [1.29, 1.82) is 0 Å². The van der Waals surface area contributed by atoms with Gasteiger partial charge < -0.3 is 20.5 Å². The maximum Gasteiger partial charge on any atom is 0.290 e. The van der Waals surface area contributed by atoms with Crippen LogP contribution in [0.1, 0.15) is 30.9 Å². The number of methoxy groups -OCH3 is 1. The van der Waals surface area contributed by atoms with Crippen LogP contribution < -0.4 is 10.6 Å². The van der Waals surface area contributed by atoms with E-state index in [1.165, 1.54) is 0 Å². The standard InChI is InChI=1S/C17H30N6O3.CH2O2/c1-12-20-13(2)23(21-12)11-17(25)19-10-15-6-5-14(22(15)3)9-16(24)18-7-8-26-4;2-1-3/h14-15H,5-11H2,1-4H3,(H,18,24)(H,19,25);1H,(H,2,3)/t14-,15+;/m1./s1. The second kappa shape index (κ2) is 12.8. The van der Waals surface area contributed by atoms with E-state index in [2.05, 4.69) is 25.6 Å². The Morgan fingerprint density at radius 3 is 2.48 bits per heavy atom. The Labute approximate surface area is 170 Å². The van der Waals surface area contributed by atoms with Crippen LogP contribution in [0, 0.1) is 13.8 Å². The number of likely N-dealkylation sites (N-methyl/N-ethyl adjacent to an activating group) is 1. The van der Waals surface area contributed by atoms with Gasteiger partial charge in [-0.2, -0.15) is 5.10 Å². The summed E-state index contributed by atoms with van der Waals surface area (Å²) in [6.07, 6.45) is 2.40. The van der Waals surface area contributed by atoms with Crippen molar-refractivity contribution in [1.82, 2.24) is 30.3 Å². The van der Waals surface area contributed by atoms with Crippen molar-refractivity contribution in [3.8, 4) is 0 Å². The van der Waals surface area contributed by atoms with Gasteiger partial charge in [-0.3, -0.25) is 19.3 Å². The smallest absolute Gasteiger partial charge is 0.290 e. The van der Waals surface area contributed by atoms with Crippen LogP contribution in [0.3, 0.4) is 0 Å². The maximum absolute atomic E-state index is 12.1. The van der Waals surface area contributed by atoms with Gasteiger partial charge in [0.25, 0.3) is 6.47 Å². The fraction of sp³-hybridized carbons (Fsp3) is 0.722. The van der Waals surface area contributed by atoms with Crippen molar-refractivity contribution < 1.29 is 24.2 Å². The monoisotopic (exact) mass is 412 g/mol. The normalized spacial score (nSPS) is 18.6. The van der Waals surface area contributed by atoms with Crippen LogP contribution in [0.4, 0.5) is 0 Å². The second-order valence-electron chi connectivity index (χ2n) is 6.87. The Balaban J connectivity index is 0.00000132. The van der Waals surface area contributed by atoms with Crippen molar-refractivity contribution >= 4 is 18.3 Å². The molecule has 0 saturated carbocycles. The van der Waals surface area contributed by atoms with Gasteiger partial charge in [-0.05, 0) is 33.7 Å². The molecular weight excluding hydrogens is 380 g/mol. The number of aryl methyl sites for hydroxylation is 2. The molecule has 11 heteroatoms. The average molecular weight is 412 g/mol. The number of rotatable bonds is 9. The number of ether oxygens (including phenoxy) is 1. The lowest BCUT2D eigenvalue weighted by Gasteiger charge is -2.25. The summed E-state index contributed by atoms with van der Waals surface area (Å²) in [5.74, 6) is 1.36. The highest BCUT2D eigenvalue weighted by Crippen LogP contribution is 2.24. The lowest BCUT2D eigenvalue weighted by atomic mass is 10.1. The van der Waals surface area contributed by atoms with E-state index in [1.807, 2.05) is 14.0 Å². The minimum Gasteiger partial charge on any atom is -0.483 e. The van der Waals surface area contributed by atoms with Gasteiger partial charge in [-0.25, -0.2) is 9.67 Å². The van der Waals surface area contributed by atoms with Crippen molar-refractivity contribution in [3.63, 3.8) is 0 Å². The Morgan fingerprint density at radius 1 is 1.24 bits per heavy atom. The van der Waals surface area contributed by atoms with Gasteiger partial charge >= 0.3 is 0 Å². The van der Waals surface area contributed by atoms with E-state index in [4.69, 9.17) is 14.6 Å². The number of nitrogens with one attached hydrogen (secondary N) is 2. The molecule has 11 nitrogen and oxygen atoms in total. The van der Waals surface area contributed by atoms with Crippen LogP contribution in [0.25, 0.3) is 0 Å². The van der Waals surface area contributed by atoms with Crippen LogP contribution in [0.15, 0.2) is 0 Å². The van der Waals surface area contributed by atoms with Crippen LogP contribution in [0.5, 0.6) is 0 Å². The zero-order valence-electron chi connectivity index (χ0n) is 17.6. The Morgan fingerprint density at radius 2 is 1.90 bits per heavy atom. The van der Waals surface area contributed by atoms with Gasteiger partial charge in [0.2, 0.25) is 11.8 Å². The molecular formula is C18H32N6O5. The van der Waals surface area contributed by atoms with Gasteiger partial charge in [0.15, 0.2) is 0 Å². The quantitative estimate of drug-likeness (QED) is 0.358. The number of likely N-dealkylation sites (tertiary alicyclic amines) is 1. The fourth-order valence-electron chi connectivity index (χ4n) is 3.30. The lowest BCUT2D eigenvalue weighted by Crippen LogP contribution is -2.43. The van der Waals surface area contributed by atoms with Gasteiger partial charge in [0, 0.05) is 38.7 Å². The van der Waals surface area contributed by atoms with Crippen molar-refractivity contribution in [3.05, 3.63) is 11.6 Å². The zero-order chi connectivity index (χ0) is 21.8. The van der Waals surface area contributed by atoms with E-state index in [0.29, 0.717) is 31.9 Å². The summed E-state index contributed by atoms with van der Waals surface area (Å²) in [5.41, 5.74) is 0. The van der Waals surface area contributed by atoms with Crippen LogP contribution in [0.2, 0.25) is 0 Å². The highest BCUT2D eigenvalue weighted by atomic mass is 16.5. The summed E-state index contributed by atoms with van der Waals surface area (Å²) in [6.45, 7) is 5.19. The molecule has 0 aromatic carbocycles. The molecule has 0 aliphatic carbocycles. The number of carbonyl (C=O) groups excluding carboxylic acids is 2. The highest BCUT2D eigenvalue weighted by Gasteiger charge is 2.31. The van der Waals surface area contributed by atoms with E-state index in [9.17, 15) is 9.59 Å². The third-order valence-electron chi connectivity index (χ3n) is 4.83. The highest BCUT2D eigenvalue weighted by molar-refractivity contribution is 5.76. The lowest BCUT2D eigenvalue weighted by molar-refractivity contribution is -0.123. The van der Waals surface area contributed by atoms with E-state index in [-0.39, 0.29) is 36.9 Å². The molecule has 1 saturated heterocycles. The minimum atomic E-state index is -0.250. The first-order chi connectivity index (χ1) is 13.8. The molecule has 1 aliphatic heterocycles. The van der Waals surface area contributed by atoms with Crippen molar-refractivity contribution in [2.45, 2.75) is 51.7 Å². The number of nitrogens with zero attached hydrogens (tertiary/aromatic N) is 4. The number of hydrogen-bond acceptors (Lipinski definition) is 7. The molecule has 1 aliphatic rings. The van der Waals surface area contributed by atoms with Gasteiger partial charge in [0.05, 0.1) is 6.61 Å². The average Bonchev–Trinajstić information content (AvgIpc) is 3.16. The van der Waals surface area contributed by atoms with Crippen LogP contribution in [-0.2, 0) is 25.7 Å². The molecule has 0 bridgehead atoms. The van der Waals surface area contributed by atoms with Crippen LogP contribution >= 0.6 is 0 Å². The molecule has 2 heterocycles. The number of amides is 2. The summed E-state index contributed by atoms with van der Waals surface area (Å²) in [4.78, 5) is 38.9. The number of carbonyl (C=O) groups is 3. The fourth-order valence-corrected chi connectivity index (χ4v) is 3.30. The minimum absolute atomic E-state index is 0.0422. The predicted octanol–water partition coefficient (Wildman–Crippen LogP) is -0.673. The predicted molar refractivity (Wildman–Crippen MR) is 105 cm³/mol. The summed E-state index contributed by atoms with van der Waals surface area (Å²) in [6, 6.07) is 0.453. The SMILES string of the molecule is COCCNC(=O)C[C@H]1CC[C@@H](CNC(=O)Cn2nc(C)nc2C)N1C.O=CO. The Bertz CT molecular complexity index is 665. The molecule has 164 valence electrons. The first-order valence-electron chi connectivity index (χ1n) is 9.52. The third-order valence-corrected chi connectivity index (χ3v) is 4.83. The summed E-state index contributed by atoms with van der Waals surface area (Å²) < 4.78 is 6.54. The molecule has 2 atom stereocenters. The molecule has 0 unspecified atom stereocenters. The first kappa shape index (κ1) is 24.5. The Kier molecular flexibility index (Phi) is 10.8. The first-order valence-corrected chi connectivity index (χ1v) is 9.52. The molecule has 0 spiro atoms. The zero-order valence-corrected chi connectivity index (χ0v) is 17.6. The molecule has 2 amide bonds. The summed E-state index contributed by atoms with van der Waals surface area (Å²) in [7, 11) is 3.63. The second-order valence-corrected chi connectivity index (χ2v) is 6.87. The summed E-state index contributed by atoms with van der Waals surface area (Å²) >= 11 is 0. The molecule has 2 rings (SSSR count). The van der Waals surface area contributed by atoms with Crippen molar-refractivity contribution in [2.75, 3.05) is 33.9 Å². The maximum atomic E-state index is 12.1. The topological polar surface area (TPSA) is 139 Å². The third kappa shape index (κ3) is 8.57. The van der Waals surface area contributed by atoms with Crippen LogP contribution in [-0.4, -0.2) is 89.0 Å². The molecule has 1 aromatic rings. The number of aromatic nitrogens is 3. The largest absolute Gasteiger partial charge is 0.483 e. The molecule has 1 fully saturated rings. The molecule has 3 N–H and O–H groups in total. The number of carboxylic acid groups (broad SMARTS) is 1. The van der Waals surface area contributed by atoms with Gasteiger partial charge in [-0.1, -0.05) is 0 Å². The van der Waals surface area contributed by atoms with Gasteiger partial charge in [-0.15, -0.1) is 0 Å². The molecule has 1 aromatic heterocycles. The Hall–Kier alpha value is -2.53. The van der Waals surface area contributed by atoms with E-state index >= 15 is 0 Å². The molecule has 0 radical (unpaired) electrons. The molecule has 29 heavy (non-hydrogen) atoms. The van der Waals surface area contributed by atoms with Crippen molar-refractivity contribution in [2.24, 2.45) is 0 Å². The summed E-state index contributed by atoms with van der Waals surface area (Å²) in [5, 5.41) is 16.9.